The van der Waals surface area contributed by atoms with Gasteiger partial charge in [0.25, 0.3) is 5.92 Å². The third-order valence-electron chi connectivity index (χ3n) is 4.66. The second kappa shape index (κ2) is 4.69. The summed E-state index contributed by atoms with van der Waals surface area (Å²) in [4.78, 5) is 0. The Kier molecular flexibility index (Phi) is 3.24. The molecule has 2 aliphatic rings. The topological polar surface area (TPSA) is 21.3 Å². The molecule has 3 rings (SSSR count). The second-order valence-corrected chi connectivity index (χ2v) is 6.16. The molecule has 110 valence electrons. The minimum atomic E-state index is -2.40. The highest BCUT2D eigenvalue weighted by atomic mass is 19.3. The smallest absolute Gasteiger partial charge is 0.254 e. The summed E-state index contributed by atoms with van der Waals surface area (Å²) in [7, 11) is 0. The van der Waals surface area contributed by atoms with Gasteiger partial charge in [-0.15, -0.1) is 0 Å². The SMILES string of the molecule is CCOc1ccc(C(C)NC2CC3(C2)CC3(F)F)cc1. The number of ether oxygens (including phenoxy) is 1. The Morgan fingerprint density at radius 3 is 2.40 bits per heavy atom. The van der Waals surface area contributed by atoms with E-state index in [1.807, 2.05) is 31.2 Å². The minimum absolute atomic E-state index is 0.0929. The molecule has 20 heavy (non-hydrogen) atoms. The molecule has 0 bridgehead atoms. The van der Waals surface area contributed by atoms with E-state index in [-0.39, 0.29) is 18.5 Å². The first kappa shape index (κ1) is 13.8. The molecule has 0 amide bonds. The predicted octanol–water partition coefficient (Wildman–Crippen LogP) is 3.92. The number of rotatable bonds is 5. The molecule has 2 nitrogen and oxygen atoms in total. The van der Waals surface area contributed by atoms with Crippen LogP contribution in [0.1, 0.15) is 44.7 Å². The number of hydrogen-bond donors (Lipinski definition) is 1. The molecule has 2 aliphatic carbocycles. The summed E-state index contributed by atoms with van der Waals surface area (Å²) < 4.78 is 31.7. The van der Waals surface area contributed by atoms with E-state index in [1.165, 1.54) is 0 Å². The van der Waals surface area contributed by atoms with Crippen LogP contribution in [0.2, 0.25) is 0 Å². The number of alkyl halides is 2. The van der Waals surface area contributed by atoms with Crippen LogP contribution in [0.25, 0.3) is 0 Å². The molecule has 0 aromatic heterocycles. The summed E-state index contributed by atoms with van der Waals surface area (Å²) in [6.45, 7) is 4.69. The Morgan fingerprint density at radius 2 is 1.90 bits per heavy atom. The van der Waals surface area contributed by atoms with Crippen molar-refractivity contribution in [2.45, 2.75) is 51.1 Å². The van der Waals surface area contributed by atoms with Crippen LogP contribution in [0.4, 0.5) is 8.78 Å². The lowest BCUT2D eigenvalue weighted by atomic mass is 9.76. The third-order valence-corrected chi connectivity index (χ3v) is 4.66. The van der Waals surface area contributed by atoms with Crippen molar-refractivity contribution in [2.24, 2.45) is 5.41 Å². The van der Waals surface area contributed by atoms with Gasteiger partial charge in [0, 0.05) is 23.9 Å². The first-order valence-corrected chi connectivity index (χ1v) is 7.32. The van der Waals surface area contributed by atoms with E-state index in [0.29, 0.717) is 19.4 Å². The van der Waals surface area contributed by atoms with Gasteiger partial charge in [-0.1, -0.05) is 12.1 Å². The molecule has 0 saturated heterocycles. The van der Waals surface area contributed by atoms with Crippen LogP contribution in [-0.2, 0) is 0 Å². The minimum Gasteiger partial charge on any atom is -0.494 e. The van der Waals surface area contributed by atoms with E-state index in [1.54, 1.807) is 0 Å². The Labute approximate surface area is 118 Å². The molecule has 1 N–H and O–H groups in total. The summed E-state index contributed by atoms with van der Waals surface area (Å²) in [5, 5.41) is 3.44. The van der Waals surface area contributed by atoms with E-state index < -0.39 is 11.3 Å². The first-order chi connectivity index (χ1) is 9.46. The molecule has 1 spiro atoms. The van der Waals surface area contributed by atoms with Crippen LogP contribution < -0.4 is 10.1 Å². The zero-order valence-corrected chi connectivity index (χ0v) is 12.0. The second-order valence-electron chi connectivity index (χ2n) is 6.16. The fourth-order valence-corrected chi connectivity index (χ4v) is 3.29. The predicted molar refractivity (Wildman–Crippen MR) is 74.2 cm³/mol. The summed E-state index contributed by atoms with van der Waals surface area (Å²) >= 11 is 0. The number of benzene rings is 1. The molecule has 1 aromatic carbocycles. The molecular formula is C16H21F2NO. The third kappa shape index (κ3) is 2.30. The zero-order chi connectivity index (χ0) is 14.4. The van der Waals surface area contributed by atoms with Crippen LogP contribution in [0.3, 0.4) is 0 Å². The fourth-order valence-electron chi connectivity index (χ4n) is 3.29. The molecule has 1 atom stereocenters. The normalized spacial score (nSPS) is 31.7. The Bertz CT molecular complexity index is 480. The average Bonchev–Trinajstić information content (AvgIpc) is 2.93. The van der Waals surface area contributed by atoms with Gasteiger partial charge in [0.2, 0.25) is 0 Å². The standard InChI is InChI=1S/C16H21F2NO/c1-3-20-14-6-4-12(5-7-14)11(2)19-13-8-15(9-13)10-16(15,17)18/h4-7,11,13,19H,3,8-10H2,1-2H3. The highest BCUT2D eigenvalue weighted by molar-refractivity contribution is 5.29. The van der Waals surface area contributed by atoms with Crippen molar-refractivity contribution in [2.75, 3.05) is 6.61 Å². The molecule has 1 unspecified atom stereocenters. The summed E-state index contributed by atoms with van der Waals surface area (Å²) in [5.41, 5.74) is 0.514. The Balaban J connectivity index is 1.51. The average molecular weight is 281 g/mol. The van der Waals surface area contributed by atoms with E-state index in [4.69, 9.17) is 4.74 Å². The maximum atomic E-state index is 13.1. The van der Waals surface area contributed by atoms with Crippen molar-refractivity contribution in [1.29, 1.82) is 0 Å². The van der Waals surface area contributed by atoms with Crippen molar-refractivity contribution in [3.63, 3.8) is 0 Å². The van der Waals surface area contributed by atoms with Gasteiger partial charge in [-0.05, 0) is 44.4 Å². The largest absolute Gasteiger partial charge is 0.494 e. The fraction of sp³-hybridized carbons (Fsp3) is 0.625. The molecule has 2 fully saturated rings. The van der Waals surface area contributed by atoms with Crippen LogP contribution in [-0.4, -0.2) is 18.6 Å². The first-order valence-electron chi connectivity index (χ1n) is 7.32. The molecule has 0 heterocycles. The van der Waals surface area contributed by atoms with Gasteiger partial charge in [0.05, 0.1) is 6.61 Å². The molecule has 2 saturated carbocycles. The monoisotopic (exact) mass is 281 g/mol. The summed E-state index contributed by atoms with van der Waals surface area (Å²) in [5.74, 6) is -1.53. The van der Waals surface area contributed by atoms with Crippen LogP contribution in [0.15, 0.2) is 24.3 Å². The van der Waals surface area contributed by atoms with Gasteiger partial charge in [-0.3, -0.25) is 0 Å². The lowest BCUT2D eigenvalue weighted by Gasteiger charge is -2.38. The lowest BCUT2D eigenvalue weighted by Crippen LogP contribution is -2.45. The molecule has 4 heteroatoms. The molecule has 0 aliphatic heterocycles. The lowest BCUT2D eigenvalue weighted by molar-refractivity contribution is 0.0121. The zero-order valence-electron chi connectivity index (χ0n) is 12.0. The Hall–Kier alpha value is -1.16. The number of hydrogen-bond acceptors (Lipinski definition) is 2. The van der Waals surface area contributed by atoms with E-state index in [9.17, 15) is 8.78 Å². The van der Waals surface area contributed by atoms with Gasteiger partial charge in [0.15, 0.2) is 0 Å². The number of nitrogens with one attached hydrogen (secondary N) is 1. The maximum Gasteiger partial charge on any atom is 0.254 e. The Morgan fingerprint density at radius 1 is 1.30 bits per heavy atom. The molecule has 1 aromatic rings. The number of halogens is 2. The van der Waals surface area contributed by atoms with Crippen LogP contribution in [0, 0.1) is 5.41 Å². The molecule has 0 radical (unpaired) electrons. The van der Waals surface area contributed by atoms with Crippen molar-refractivity contribution in [3.05, 3.63) is 29.8 Å². The van der Waals surface area contributed by atoms with Gasteiger partial charge in [-0.25, -0.2) is 8.78 Å². The summed E-state index contributed by atoms with van der Waals surface area (Å²) in [6.07, 6.45) is 1.32. The van der Waals surface area contributed by atoms with Gasteiger partial charge in [-0.2, -0.15) is 0 Å². The summed E-state index contributed by atoms with van der Waals surface area (Å²) in [6, 6.07) is 8.37. The van der Waals surface area contributed by atoms with Crippen molar-refractivity contribution < 1.29 is 13.5 Å². The van der Waals surface area contributed by atoms with Gasteiger partial charge >= 0.3 is 0 Å². The van der Waals surface area contributed by atoms with Crippen molar-refractivity contribution in [1.82, 2.24) is 5.32 Å². The van der Waals surface area contributed by atoms with Crippen LogP contribution in [0.5, 0.6) is 5.75 Å². The van der Waals surface area contributed by atoms with E-state index in [0.717, 1.165) is 11.3 Å². The molecular weight excluding hydrogens is 260 g/mol. The van der Waals surface area contributed by atoms with E-state index >= 15 is 0 Å². The van der Waals surface area contributed by atoms with Gasteiger partial charge < -0.3 is 10.1 Å². The van der Waals surface area contributed by atoms with Crippen molar-refractivity contribution >= 4 is 0 Å². The highest BCUT2D eigenvalue weighted by Gasteiger charge is 2.75. The van der Waals surface area contributed by atoms with E-state index in [2.05, 4.69) is 12.2 Å². The highest BCUT2D eigenvalue weighted by Crippen LogP contribution is 2.71. The maximum absolute atomic E-state index is 13.1. The van der Waals surface area contributed by atoms with Gasteiger partial charge in [0.1, 0.15) is 5.75 Å². The van der Waals surface area contributed by atoms with Crippen LogP contribution >= 0.6 is 0 Å². The van der Waals surface area contributed by atoms with Crippen molar-refractivity contribution in [3.8, 4) is 5.75 Å². The quantitative estimate of drug-likeness (QED) is 0.883.